The molecule has 0 spiro atoms. The van der Waals surface area contributed by atoms with Crippen LogP contribution in [0.5, 0.6) is 0 Å². The predicted octanol–water partition coefficient (Wildman–Crippen LogP) is 3.95. The second-order valence-corrected chi connectivity index (χ2v) is 6.54. The highest BCUT2D eigenvalue weighted by Crippen LogP contribution is 2.26. The fourth-order valence-electron chi connectivity index (χ4n) is 2.79. The van der Waals surface area contributed by atoms with Crippen molar-refractivity contribution >= 4 is 27.5 Å². The van der Waals surface area contributed by atoms with Gasteiger partial charge in [-0.1, -0.05) is 35.2 Å². The molecule has 4 heteroatoms. The van der Waals surface area contributed by atoms with Crippen molar-refractivity contribution in [3.8, 4) is 0 Å². The van der Waals surface area contributed by atoms with Crippen LogP contribution in [0.15, 0.2) is 28.7 Å². The van der Waals surface area contributed by atoms with Gasteiger partial charge >= 0.3 is 0 Å². The third kappa shape index (κ3) is 4.91. The fourth-order valence-corrected chi connectivity index (χ4v) is 3.06. The smallest absolute Gasteiger partial charge is 0.238 e. The molecule has 1 aliphatic carbocycles. The zero-order chi connectivity index (χ0) is 14.4. The van der Waals surface area contributed by atoms with E-state index in [0.717, 1.165) is 16.1 Å². The van der Waals surface area contributed by atoms with E-state index in [0.29, 0.717) is 12.6 Å². The maximum atomic E-state index is 11.9. The topological polar surface area (TPSA) is 41.1 Å². The Hall–Kier alpha value is -0.870. The van der Waals surface area contributed by atoms with Gasteiger partial charge in [-0.15, -0.1) is 0 Å². The molecule has 0 aromatic heterocycles. The first-order valence-corrected chi connectivity index (χ1v) is 8.23. The Morgan fingerprint density at radius 3 is 2.55 bits per heavy atom. The Morgan fingerprint density at radius 1 is 1.25 bits per heavy atom. The molecule has 1 saturated carbocycles. The Balaban J connectivity index is 1.72. The lowest BCUT2D eigenvalue weighted by Crippen LogP contribution is -2.39. The van der Waals surface area contributed by atoms with E-state index in [1.54, 1.807) is 0 Å². The van der Waals surface area contributed by atoms with E-state index < -0.39 is 0 Å². The van der Waals surface area contributed by atoms with Crippen molar-refractivity contribution in [1.29, 1.82) is 0 Å². The van der Waals surface area contributed by atoms with Crippen LogP contribution in [0.4, 0.5) is 5.69 Å². The first-order chi connectivity index (χ1) is 9.65. The van der Waals surface area contributed by atoms with Gasteiger partial charge in [0.2, 0.25) is 5.91 Å². The zero-order valence-corrected chi connectivity index (χ0v) is 13.6. The molecule has 2 rings (SSSR count). The molecular weight excluding hydrogens is 316 g/mol. The molecule has 1 fully saturated rings. The molecule has 2 N–H and O–H groups in total. The number of hydrogen-bond acceptors (Lipinski definition) is 2. The number of benzene rings is 1. The molecule has 0 saturated heterocycles. The van der Waals surface area contributed by atoms with Crippen molar-refractivity contribution in [2.24, 2.45) is 5.92 Å². The van der Waals surface area contributed by atoms with Crippen molar-refractivity contribution in [2.75, 3.05) is 11.9 Å². The molecule has 0 heterocycles. The minimum Gasteiger partial charge on any atom is -0.325 e. The third-order valence-corrected chi connectivity index (χ3v) is 4.60. The fraction of sp³-hybridized carbons (Fsp3) is 0.562. The van der Waals surface area contributed by atoms with Crippen molar-refractivity contribution in [3.05, 3.63) is 28.7 Å². The normalized spacial score (nSPS) is 17.7. The summed E-state index contributed by atoms with van der Waals surface area (Å²) in [4.78, 5) is 11.9. The molecule has 0 radical (unpaired) electrons. The maximum absolute atomic E-state index is 11.9. The molecule has 3 nitrogen and oxygen atoms in total. The van der Waals surface area contributed by atoms with Crippen molar-refractivity contribution < 1.29 is 4.79 Å². The van der Waals surface area contributed by atoms with Gasteiger partial charge in [0.25, 0.3) is 0 Å². The van der Waals surface area contributed by atoms with E-state index in [1.807, 2.05) is 24.3 Å². The Bertz CT molecular complexity index is 427. The first kappa shape index (κ1) is 15.5. The van der Waals surface area contributed by atoms with E-state index in [2.05, 4.69) is 33.5 Å². The standard InChI is InChI=1S/C16H23BrN2O/c1-12(13-5-3-2-4-6-13)18-11-16(20)19-15-9-7-14(17)8-10-15/h7-10,12-13,18H,2-6,11H2,1H3,(H,19,20)/t12-/m1/s1. The molecule has 1 aromatic carbocycles. The second-order valence-electron chi connectivity index (χ2n) is 5.62. The van der Waals surface area contributed by atoms with Crippen LogP contribution in [-0.4, -0.2) is 18.5 Å². The number of rotatable bonds is 5. The van der Waals surface area contributed by atoms with Gasteiger partial charge in [-0.3, -0.25) is 4.79 Å². The minimum absolute atomic E-state index is 0.0231. The van der Waals surface area contributed by atoms with Gasteiger partial charge in [0.1, 0.15) is 0 Å². The number of amides is 1. The Labute approximate surface area is 129 Å². The number of hydrogen-bond donors (Lipinski definition) is 2. The Kier molecular flexibility index (Phi) is 6.05. The Morgan fingerprint density at radius 2 is 1.90 bits per heavy atom. The zero-order valence-electron chi connectivity index (χ0n) is 12.0. The number of anilines is 1. The van der Waals surface area contributed by atoms with Gasteiger partial charge in [-0.2, -0.15) is 0 Å². The lowest BCUT2D eigenvalue weighted by molar-refractivity contribution is -0.115. The predicted molar refractivity (Wildman–Crippen MR) is 86.8 cm³/mol. The highest BCUT2D eigenvalue weighted by Gasteiger charge is 2.20. The van der Waals surface area contributed by atoms with Gasteiger partial charge in [-0.05, 0) is 49.9 Å². The SMILES string of the molecule is C[C@@H](NCC(=O)Nc1ccc(Br)cc1)C1CCCCC1. The van der Waals surface area contributed by atoms with Crippen molar-refractivity contribution in [3.63, 3.8) is 0 Å². The largest absolute Gasteiger partial charge is 0.325 e. The highest BCUT2D eigenvalue weighted by atomic mass is 79.9. The molecule has 20 heavy (non-hydrogen) atoms. The average molecular weight is 339 g/mol. The number of carbonyl (C=O) groups excluding carboxylic acids is 1. The van der Waals surface area contributed by atoms with Gasteiger partial charge in [-0.25, -0.2) is 0 Å². The average Bonchev–Trinajstić information content (AvgIpc) is 2.48. The molecule has 1 aromatic rings. The molecule has 110 valence electrons. The summed E-state index contributed by atoms with van der Waals surface area (Å²) in [6.45, 7) is 2.58. The first-order valence-electron chi connectivity index (χ1n) is 7.44. The molecule has 1 atom stereocenters. The van der Waals surface area contributed by atoms with E-state index in [4.69, 9.17) is 0 Å². The van der Waals surface area contributed by atoms with Crippen molar-refractivity contribution in [2.45, 2.75) is 45.1 Å². The summed E-state index contributed by atoms with van der Waals surface area (Å²) >= 11 is 3.38. The molecular formula is C16H23BrN2O. The molecule has 0 aliphatic heterocycles. The van der Waals surface area contributed by atoms with Gasteiger partial charge in [0, 0.05) is 16.2 Å². The second kappa shape index (κ2) is 7.79. The van der Waals surface area contributed by atoms with Gasteiger partial charge in [0.05, 0.1) is 6.54 Å². The number of nitrogens with one attached hydrogen (secondary N) is 2. The number of carbonyl (C=O) groups is 1. The summed E-state index contributed by atoms with van der Waals surface area (Å²) in [6, 6.07) is 8.06. The molecule has 1 aliphatic rings. The highest BCUT2D eigenvalue weighted by molar-refractivity contribution is 9.10. The molecule has 1 amide bonds. The van der Waals surface area contributed by atoms with Crippen LogP contribution in [0.2, 0.25) is 0 Å². The molecule has 0 unspecified atom stereocenters. The van der Waals surface area contributed by atoms with E-state index >= 15 is 0 Å². The van der Waals surface area contributed by atoms with E-state index in [1.165, 1.54) is 32.1 Å². The van der Waals surface area contributed by atoms with E-state index in [9.17, 15) is 4.79 Å². The van der Waals surface area contributed by atoms with E-state index in [-0.39, 0.29) is 5.91 Å². The van der Waals surface area contributed by atoms with Crippen LogP contribution in [0.1, 0.15) is 39.0 Å². The quantitative estimate of drug-likeness (QED) is 0.853. The summed E-state index contributed by atoms with van der Waals surface area (Å²) in [7, 11) is 0. The third-order valence-electron chi connectivity index (χ3n) is 4.07. The summed E-state index contributed by atoms with van der Waals surface area (Å²) in [6.07, 6.45) is 6.63. The summed E-state index contributed by atoms with van der Waals surface area (Å²) in [5.74, 6) is 0.749. The van der Waals surface area contributed by atoms with Crippen LogP contribution in [-0.2, 0) is 4.79 Å². The van der Waals surface area contributed by atoms with Crippen LogP contribution in [0.3, 0.4) is 0 Å². The molecule has 0 bridgehead atoms. The van der Waals surface area contributed by atoms with Gasteiger partial charge < -0.3 is 10.6 Å². The monoisotopic (exact) mass is 338 g/mol. The summed E-state index contributed by atoms with van der Waals surface area (Å²) < 4.78 is 1.01. The van der Waals surface area contributed by atoms with Crippen LogP contribution in [0, 0.1) is 5.92 Å². The number of halogens is 1. The van der Waals surface area contributed by atoms with Crippen molar-refractivity contribution in [1.82, 2.24) is 5.32 Å². The van der Waals surface area contributed by atoms with Crippen LogP contribution >= 0.6 is 15.9 Å². The lowest BCUT2D eigenvalue weighted by atomic mass is 9.84. The summed E-state index contributed by atoms with van der Waals surface area (Å²) in [5.41, 5.74) is 0.838. The minimum atomic E-state index is 0.0231. The van der Waals surface area contributed by atoms with Gasteiger partial charge in [0.15, 0.2) is 0 Å². The lowest BCUT2D eigenvalue weighted by Gasteiger charge is -2.28. The van der Waals surface area contributed by atoms with Crippen LogP contribution in [0.25, 0.3) is 0 Å². The summed E-state index contributed by atoms with van der Waals surface area (Å²) in [5, 5.41) is 6.27. The maximum Gasteiger partial charge on any atom is 0.238 e. The van der Waals surface area contributed by atoms with Crippen LogP contribution < -0.4 is 10.6 Å².